The molecular formula is C17H18N2O6S2. The molecule has 0 saturated carbocycles. The Hall–Kier alpha value is -2.43. The lowest BCUT2D eigenvalue weighted by molar-refractivity contribution is -0.387. The summed E-state index contributed by atoms with van der Waals surface area (Å²) in [5, 5.41) is 20.6. The number of sulfonamides is 1. The predicted octanol–water partition coefficient (Wildman–Crippen LogP) is 2.75. The van der Waals surface area contributed by atoms with E-state index in [1.807, 2.05) is 0 Å². The van der Waals surface area contributed by atoms with Crippen molar-refractivity contribution < 1.29 is 23.2 Å². The van der Waals surface area contributed by atoms with E-state index in [0.29, 0.717) is 16.9 Å². The Bertz CT molecular complexity index is 932. The van der Waals surface area contributed by atoms with E-state index in [1.54, 1.807) is 36.6 Å². The van der Waals surface area contributed by atoms with Gasteiger partial charge in [-0.2, -0.15) is 16.5 Å². The summed E-state index contributed by atoms with van der Waals surface area (Å²) in [6.45, 7) is 0. The number of hydrogen-bond acceptors (Lipinski definition) is 6. The van der Waals surface area contributed by atoms with Crippen molar-refractivity contribution in [2.24, 2.45) is 0 Å². The standard InChI is InChI=1S/C17H18N2O6S2/c1-26-10-9-14(17(20)21)18-27(24,25)16-8-7-13(11-15(16)19(22)23)12-5-3-2-4-6-12/h2-8,11,14,18H,9-10H2,1H3,(H,20,21)/t14-/m1/s1. The molecule has 0 aromatic heterocycles. The zero-order valence-electron chi connectivity index (χ0n) is 14.4. The van der Waals surface area contributed by atoms with Gasteiger partial charge < -0.3 is 5.11 Å². The van der Waals surface area contributed by atoms with Gasteiger partial charge in [0.1, 0.15) is 6.04 Å². The molecule has 2 aromatic carbocycles. The van der Waals surface area contributed by atoms with Crippen LogP contribution in [0.1, 0.15) is 6.42 Å². The maximum absolute atomic E-state index is 12.6. The number of aliphatic carboxylic acids is 1. The highest BCUT2D eigenvalue weighted by molar-refractivity contribution is 7.98. The Morgan fingerprint density at radius 2 is 1.89 bits per heavy atom. The third-order valence-corrected chi connectivity index (χ3v) is 5.92. The van der Waals surface area contributed by atoms with Crippen LogP contribution in [0.3, 0.4) is 0 Å². The molecule has 0 fully saturated rings. The van der Waals surface area contributed by atoms with Gasteiger partial charge in [0.25, 0.3) is 5.69 Å². The van der Waals surface area contributed by atoms with Crippen LogP contribution in [0.5, 0.6) is 0 Å². The summed E-state index contributed by atoms with van der Waals surface area (Å²) < 4.78 is 27.2. The number of nitro benzene ring substituents is 1. The van der Waals surface area contributed by atoms with Crippen molar-refractivity contribution in [1.82, 2.24) is 4.72 Å². The van der Waals surface area contributed by atoms with Crippen molar-refractivity contribution in [3.8, 4) is 11.1 Å². The Labute approximate surface area is 160 Å². The Kier molecular flexibility index (Phi) is 6.94. The van der Waals surface area contributed by atoms with Gasteiger partial charge >= 0.3 is 5.97 Å². The molecule has 0 spiro atoms. The van der Waals surface area contributed by atoms with Gasteiger partial charge in [0.05, 0.1) is 4.92 Å². The van der Waals surface area contributed by atoms with Crippen LogP contribution in [0.2, 0.25) is 0 Å². The van der Waals surface area contributed by atoms with Crippen LogP contribution in [0, 0.1) is 10.1 Å². The second kappa shape index (κ2) is 8.98. The van der Waals surface area contributed by atoms with Crippen LogP contribution in [-0.2, 0) is 14.8 Å². The monoisotopic (exact) mass is 410 g/mol. The topological polar surface area (TPSA) is 127 Å². The van der Waals surface area contributed by atoms with Gasteiger partial charge in [-0.1, -0.05) is 36.4 Å². The summed E-state index contributed by atoms with van der Waals surface area (Å²) in [7, 11) is -4.39. The second-order valence-electron chi connectivity index (χ2n) is 5.60. The molecule has 2 N–H and O–H groups in total. The fourth-order valence-corrected chi connectivity index (χ4v) is 4.26. The number of nitrogens with one attached hydrogen (secondary N) is 1. The fourth-order valence-electron chi connectivity index (χ4n) is 2.42. The van der Waals surface area contributed by atoms with Crippen LogP contribution in [0.4, 0.5) is 5.69 Å². The van der Waals surface area contributed by atoms with Gasteiger partial charge in [-0.3, -0.25) is 14.9 Å². The maximum Gasteiger partial charge on any atom is 0.321 e. The highest BCUT2D eigenvalue weighted by Gasteiger charge is 2.31. The summed E-state index contributed by atoms with van der Waals surface area (Å²) in [4.78, 5) is 21.4. The molecule has 0 amide bonds. The highest BCUT2D eigenvalue weighted by Crippen LogP contribution is 2.30. The minimum atomic E-state index is -4.39. The molecule has 0 aliphatic heterocycles. The van der Waals surface area contributed by atoms with Crippen molar-refractivity contribution in [2.75, 3.05) is 12.0 Å². The summed E-state index contributed by atoms with van der Waals surface area (Å²) in [5.41, 5.74) is 0.567. The van der Waals surface area contributed by atoms with E-state index in [2.05, 4.69) is 4.72 Å². The average molecular weight is 410 g/mol. The van der Waals surface area contributed by atoms with E-state index in [9.17, 15) is 28.4 Å². The normalized spacial score (nSPS) is 12.5. The first kappa shape index (κ1) is 20.9. The number of nitro groups is 1. The van der Waals surface area contributed by atoms with E-state index < -0.39 is 37.5 Å². The van der Waals surface area contributed by atoms with Crippen molar-refractivity contribution >= 4 is 33.4 Å². The molecular weight excluding hydrogens is 392 g/mol. The predicted molar refractivity (Wildman–Crippen MR) is 103 cm³/mol. The second-order valence-corrected chi connectivity index (χ2v) is 8.27. The van der Waals surface area contributed by atoms with Crippen molar-refractivity contribution in [2.45, 2.75) is 17.4 Å². The molecule has 0 aliphatic rings. The maximum atomic E-state index is 12.6. The molecule has 0 aliphatic carbocycles. The van der Waals surface area contributed by atoms with E-state index >= 15 is 0 Å². The average Bonchev–Trinajstić information content (AvgIpc) is 2.65. The molecule has 144 valence electrons. The van der Waals surface area contributed by atoms with Crippen LogP contribution < -0.4 is 4.72 Å². The summed E-state index contributed by atoms with van der Waals surface area (Å²) >= 11 is 1.37. The van der Waals surface area contributed by atoms with Crippen molar-refractivity contribution in [1.29, 1.82) is 0 Å². The third kappa shape index (κ3) is 5.28. The number of thioether (sulfide) groups is 1. The lowest BCUT2D eigenvalue weighted by atomic mass is 10.1. The zero-order chi connectivity index (χ0) is 20.0. The first-order chi connectivity index (χ1) is 12.8. The fraction of sp³-hybridized carbons (Fsp3) is 0.235. The van der Waals surface area contributed by atoms with Gasteiger partial charge in [-0.05, 0) is 35.6 Å². The molecule has 2 rings (SSSR count). The molecule has 8 nitrogen and oxygen atoms in total. The first-order valence-electron chi connectivity index (χ1n) is 7.84. The lowest BCUT2D eigenvalue weighted by Crippen LogP contribution is -2.41. The number of hydrogen-bond donors (Lipinski definition) is 2. The van der Waals surface area contributed by atoms with Crippen LogP contribution in [0.15, 0.2) is 53.4 Å². The molecule has 27 heavy (non-hydrogen) atoms. The van der Waals surface area contributed by atoms with Crippen LogP contribution >= 0.6 is 11.8 Å². The van der Waals surface area contributed by atoms with Crippen molar-refractivity contribution in [3.63, 3.8) is 0 Å². The summed E-state index contributed by atoms with van der Waals surface area (Å²) in [5.74, 6) is -0.912. The number of carboxylic acids is 1. The minimum Gasteiger partial charge on any atom is -0.480 e. The number of carbonyl (C=O) groups is 1. The number of carboxylic acid groups (broad SMARTS) is 1. The van der Waals surface area contributed by atoms with Crippen molar-refractivity contribution in [3.05, 3.63) is 58.6 Å². The molecule has 0 bridgehead atoms. The van der Waals surface area contributed by atoms with E-state index in [1.165, 1.54) is 23.9 Å². The van der Waals surface area contributed by atoms with E-state index in [-0.39, 0.29) is 6.42 Å². The first-order valence-corrected chi connectivity index (χ1v) is 10.7. The Morgan fingerprint density at radius 3 is 2.44 bits per heavy atom. The minimum absolute atomic E-state index is 0.0611. The van der Waals surface area contributed by atoms with Gasteiger partial charge in [-0.25, -0.2) is 8.42 Å². The Morgan fingerprint density at radius 1 is 1.22 bits per heavy atom. The number of benzene rings is 2. The molecule has 1 atom stereocenters. The Balaban J connectivity index is 2.43. The summed E-state index contributed by atoms with van der Waals surface area (Å²) in [6.07, 6.45) is 1.83. The van der Waals surface area contributed by atoms with E-state index in [4.69, 9.17) is 0 Å². The molecule has 0 radical (unpaired) electrons. The SMILES string of the molecule is CSCC[C@@H](NS(=O)(=O)c1ccc(-c2ccccc2)cc1[N+](=O)[O-])C(=O)O. The molecule has 2 aromatic rings. The van der Waals surface area contributed by atoms with Crippen LogP contribution in [-0.4, -0.2) is 42.5 Å². The lowest BCUT2D eigenvalue weighted by Gasteiger charge is -2.14. The largest absolute Gasteiger partial charge is 0.480 e. The zero-order valence-corrected chi connectivity index (χ0v) is 16.0. The van der Waals surface area contributed by atoms with E-state index in [0.717, 1.165) is 6.07 Å². The quantitative estimate of drug-likeness (QED) is 0.481. The third-order valence-electron chi connectivity index (χ3n) is 3.76. The molecule has 0 unspecified atom stereocenters. The number of rotatable bonds is 9. The summed E-state index contributed by atoms with van der Waals surface area (Å²) in [6, 6.07) is 11.2. The highest BCUT2D eigenvalue weighted by atomic mass is 32.2. The molecule has 0 heterocycles. The molecule has 0 saturated heterocycles. The van der Waals surface area contributed by atoms with Gasteiger partial charge in [0, 0.05) is 6.07 Å². The van der Waals surface area contributed by atoms with Crippen LogP contribution in [0.25, 0.3) is 11.1 Å². The van der Waals surface area contributed by atoms with Gasteiger partial charge in [0.15, 0.2) is 4.90 Å². The smallest absolute Gasteiger partial charge is 0.321 e. The van der Waals surface area contributed by atoms with Gasteiger partial charge in [0.2, 0.25) is 10.0 Å². The molecule has 10 heteroatoms. The number of nitrogens with zero attached hydrogens (tertiary/aromatic N) is 1. The van der Waals surface area contributed by atoms with Gasteiger partial charge in [-0.15, -0.1) is 0 Å².